The monoisotopic (exact) mass is 270 g/mol. The van der Waals surface area contributed by atoms with Crippen LogP contribution in [0.1, 0.15) is 12.0 Å². The summed E-state index contributed by atoms with van der Waals surface area (Å²) in [6.45, 7) is 0. The van der Waals surface area contributed by atoms with E-state index in [4.69, 9.17) is 5.73 Å². The standard InChI is InChI=1S/C11H16N3O3S/c1-14(2)10-6-8(4-5-9(12)15)7-11(13-10)18(3,16)17/h4,6-7H,5H2,1-3H3,(H2,12,15). The molecule has 0 aliphatic rings. The molecule has 7 heteroatoms. The molecule has 0 atom stereocenters. The van der Waals surface area contributed by atoms with Crippen molar-refractivity contribution >= 4 is 21.6 Å². The molecule has 1 amide bonds. The number of rotatable bonds is 5. The van der Waals surface area contributed by atoms with Gasteiger partial charge in [0, 0.05) is 33.2 Å². The third-order valence-corrected chi connectivity index (χ3v) is 3.16. The molecule has 0 aliphatic carbocycles. The highest BCUT2D eigenvalue weighted by molar-refractivity contribution is 7.90. The fraction of sp³-hybridized carbons (Fsp3) is 0.364. The molecule has 0 unspecified atom stereocenters. The smallest absolute Gasteiger partial charge is 0.218 e. The molecule has 2 N–H and O–H groups in total. The summed E-state index contributed by atoms with van der Waals surface area (Å²) in [6, 6.07) is 3.11. The number of carbonyl (C=O) groups excluding carboxylic acids is 1. The van der Waals surface area contributed by atoms with E-state index in [1.54, 1.807) is 31.5 Å². The summed E-state index contributed by atoms with van der Waals surface area (Å²) in [5.41, 5.74) is 5.65. The predicted octanol–water partition coefficient (Wildman–Crippen LogP) is -0.0211. The van der Waals surface area contributed by atoms with Gasteiger partial charge in [0.2, 0.25) is 5.91 Å². The van der Waals surface area contributed by atoms with Crippen molar-refractivity contribution in [3.8, 4) is 0 Å². The molecule has 6 nitrogen and oxygen atoms in total. The topological polar surface area (TPSA) is 93.4 Å². The molecule has 1 aromatic heterocycles. The summed E-state index contributed by atoms with van der Waals surface area (Å²) in [5.74, 6) is 0.0350. The van der Waals surface area contributed by atoms with E-state index < -0.39 is 15.7 Å². The molecule has 1 heterocycles. The Morgan fingerprint density at radius 3 is 2.50 bits per heavy atom. The lowest BCUT2D eigenvalue weighted by Crippen LogP contribution is -2.14. The molecule has 0 saturated carbocycles. The van der Waals surface area contributed by atoms with E-state index in [-0.39, 0.29) is 11.4 Å². The van der Waals surface area contributed by atoms with Crippen molar-refractivity contribution in [1.82, 2.24) is 4.98 Å². The second-order valence-electron chi connectivity index (χ2n) is 4.14. The van der Waals surface area contributed by atoms with Crippen LogP contribution in [0.5, 0.6) is 0 Å². The minimum absolute atomic E-state index is 0.0237. The third-order valence-electron chi connectivity index (χ3n) is 2.19. The van der Waals surface area contributed by atoms with Crippen LogP contribution in [0.25, 0.3) is 0 Å². The Hall–Kier alpha value is -1.63. The Morgan fingerprint density at radius 1 is 1.44 bits per heavy atom. The maximum Gasteiger partial charge on any atom is 0.218 e. The van der Waals surface area contributed by atoms with Crippen LogP contribution in [0.2, 0.25) is 0 Å². The number of hydrogen-bond donors (Lipinski definition) is 1. The highest BCUT2D eigenvalue weighted by Crippen LogP contribution is 2.18. The van der Waals surface area contributed by atoms with Crippen molar-refractivity contribution in [2.45, 2.75) is 11.4 Å². The fourth-order valence-electron chi connectivity index (χ4n) is 1.27. The van der Waals surface area contributed by atoms with Crippen molar-refractivity contribution in [3.63, 3.8) is 0 Å². The molecule has 18 heavy (non-hydrogen) atoms. The van der Waals surface area contributed by atoms with Gasteiger partial charge in [-0.1, -0.05) is 0 Å². The molecule has 0 aliphatic heterocycles. The highest BCUT2D eigenvalue weighted by atomic mass is 32.2. The number of sulfone groups is 1. The van der Waals surface area contributed by atoms with Crippen LogP contribution in [0.15, 0.2) is 17.2 Å². The minimum Gasteiger partial charge on any atom is -0.370 e. The molecule has 0 fully saturated rings. The first kappa shape index (κ1) is 14.4. The lowest BCUT2D eigenvalue weighted by Gasteiger charge is -2.14. The van der Waals surface area contributed by atoms with E-state index in [9.17, 15) is 13.2 Å². The number of nitrogens with zero attached hydrogens (tertiary/aromatic N) is 2. The van der Waals surface area contributed by atoms with Crippen LogP contribution in [-0.2, 0) is 14.6 Å². The zero-order chi connectivity index (χ0) is 13.9. The number of anilines is 1. The number of primary amides is 1. The van der Waals surface area contributed by atoms with Crippen molar-refractivity contribution in [2.75, 3.05) is 25.3 Å². The Labute approximate surface area is 107 Å². The van der Waals surface area contributed by atoms with Crippen LogP contribution in [-0.4, -0.2) is 39.7 Å². The number of amides is 1. The molecule has 0 aromatic carbocycles. The van der Waals surface area contributed by atoms with Gasteiger partial charge >= 0.3 is 0 Å². The third kappa shape index (κ3) is 3.99. The van der Waals surface area contributed by atoms with Crippen LogP contribution in [0, 0.1) is 6.42 Å². The van der Waals surface area contributed by atoms with Gasteiger partial charge in [0.15, 0.2) is 14.9 Å². The van der Waals surface area contributed by atoms with E-state index in [1.165, 1.54) is 6.07 Å². The quantitative estimate of drug-likeness (QED) is 0.811. The maximum atomic E-state index is 11.5. The van der Waals surface area contributed by atoms with Crippen LogP contribution in [0.4, 0.5) is 5.82 Å². The van der Waals surface area contributed by atoms with Gasteiger partial charge in [0.05, 0.1) is 0 Å². The molecular weight excluding hydrogens is 254 g/mol. The molecule has 1 aromatic rings. The first-order valence-corrected chi connectivity index (χ1v) is 7.10. The van der Waals surface area contributed by atoms with E-state index in [1.807, 2.05) is 0 Å². The Kier molecular flexibility index (Phi) is 4.28. The van der Waals surface area contributed by atoms with Gasteiger partial charge in [0.25, 0.3) is 0 Å². The largest absolute Gasteiger partial charge is 0.370 e. The number of carbonyl (C=O) groups is 1. The Morgan fingerprint density at radius 2 is 2.06 bits per heavy atom. The van der Waals surface area contributed by atoms with E-state index >= 15 is 0 Å². The molecule has 1 radical (unpaired) electrons. The number of pyridine rings is 1. The summed E-state index contributed by atoms with van der Waals surface area (Å²) in [6.07, 6.45) is 2.72. The lowest BCUT2D eigenvalue weighted by atomic mass is 10.1. The average molecular weight is 270 g/mol. The molecule has 1 rings (SSSR count). The Balaban J connectivity index is 3.18. The summed E-state index contributed by atoms with van der Waals surface area (Å²) < 4.78 is 23.0. The van der Waals surface area contributed by atoms with Gasteiger partial charge in [-0.25, -0.2) is 13.4 Å². The summed E-state index contributed by atoms with van der Waals surface area (Å²) in [4.78, 5) is 16.4. The molecule has 0 bridgehead atoms. The SMILES string of the molecule is CN(C)c1cc([CH]CC(N)=O)cc(S(C)(=O)=O)n1. The average Bonchev–Trinajstić information content (AvgIpc) is 2.24. The van der Waals surface area contributed by atoms with Crippen molar-refractivity contribution in [1.29, 1.82) is 0 Å². The lowest BCUT2D eigenvalue weighted by molar-refractivity contribution is -0.117. The summed E-state index contributed by atoms with van der Waals surface area (Å²) in [5, 5.41) is -0.0237. The van der Waals surface area contributed by atoms with Crippen molar-refractivity contribution in [2.24, 2.45) is 5.73 Å². The van der Waals surface area contributed by atoms with Gasteiger partial charge in [0.1, 0.15) is 5.82 Å². The normalized spacial score (nSPS) is 11.3. The molecule has 0 spiro atoms. The molecule has 0 saturated heterocycles. The van der Waals surface area contributed by atoms with Gasteiger partial charge in [-0.3, -0.25) is 4.79 Å². The van der Waals surface area contributed by atoms with Crippen LogP contribution in [0.3, 0.4) is 0 Å². The second-order valence-corrected chi connectivity index (χ2v) is 6.10. The van der Waals surface area contributed by atoms with Gasteiger partial charge in [-0.05, 0) is 17.7 Å². The molecular formula is C11H16N3O3S. The van der Waals surface area contributed by atoms with Crippen molar-refractivity contribution < 1.29 is 13.2 Å². The van der Waals surface area contributed by atoms with E-state index in [0.717, 1.165) is 6.26 Å². The van der Waals surface area contributed by atoms with E-state index in [2.05, 4.69) is 4.98 Å². The second kappa shape index (κ2) is 5.34. The van der Waals surface area contributed by atoms with Gasteiger partial charge in [-0.2, -0.15) is 0 Å². The maximum absolute atomic E-state index is 11.5. The molecule has 99 valence electrons. The Bertz CT molecular complexity index is 553. The summed E-state index contributed by atoms with van der Waals surface area (Å²) in [7, 11) is 0.119. The highest BCUT2D eigenvalue weighted by Gasteiger charge is 2.13. The zero-order valence-corrected chi connectivity index (χ0v) is 11.4. The number of hydrogen-bond acceptors (Lipinski definition) is 5. The number of nitrogens with two attached hydrogens (primary N) is 1. The van der Waals surface area contributed by atoms with Crippen molar-refractivity contribution in [3.05, 3.63) is 24.1 Å². The zero-order valence-electron chi connectivity index (χ0n) is 10.5. The summed E-state index contributed by atoms with van der Waals surface area (Å²) >= 11 is 0. The van der Waals surface area contributed by atoms with Gasteiger partial charge < -0.3 is 10.6 Å². The predicted molar refractivity (Wildman–Crippen MR) is 68.9 cm³/mol. The first-order chi connectivity index (χ1) is 8.20. The minimum atomic E-state index is -3.39. The van der Waals surface area contributed by atoms with Gasteiger partial charge in [-0.15, -0.1) is 0 Å². The van der Waals surface area contributed by atoms with Crippen LogP contribution >= 0.6 is 0 Å². The number of aromatic nitrogens is 1. The fourth-order valence-corrected chi connectivity index (χ4v) is 1.88. The first-order valence-electron chi connectivity index (χ1n) is 5.21. The van der Waals surface area contributed by atoms with E-state index in [0.29, 0.717) is 11.4 Å². The van der Waals surface area contributed by atoms with Crippen LogP contribution < -0.4 is 10.6 Å².